The van der Waals surface area contributed by atoms with Crippen molar-refractivity contribution in [3.8, 4) is 0 Å². The van der Waals surface area contributed by atoms with E-state index in [-0.39, 0.29) is 25.9 Å². The second kappa shape index (κ2) is 59.6. The third-order valence-electron chi connectivity index (χ3n) is 15.0. The topological polar surface area (TPSA) is 155 Å². The van der Waals surface area contributed by atoms with E-state index < -0.39 is 57.8 Å². The molecule has 76 heavy (non-hydrogen) atoms. The Morgan fingerprint density at radius 3 is 0.776 bits per heavy atom. The summed E-state index contributed by atoms with van der Waals surface area (Å²) in [4.78, 5) is 48.7. The minimum Gasteiger partial charge on any atom is -0.462 e. The van der Waals surface area contributed by atoms with E-state index in [0.29, 0.717) is 19.3 Å². The molecule has 2 N–H and O–H groups in total. The Hall–Kier alpha value is -1.52. The van der Waals surface area contributed by atoms with Crippen LogP contribution in [0.2, 0.25) is 0 Å². The van der Waals surface area contributed by atoms with Crippen LogP contribution >= 0.6 is 7.82 Å². The molecule has 0 aliphatic heterocycles. The summed E-state index contributed by atoms with van der Waals surface area (Å²) in [6.07, 6.45) is 59.1. The van der Waals surface area contributed by atoms with Crippen molar-refractivity contribution in [2.45, 2.75) is 367 Å². The average Bonchev–Trinajstić information content (AvgIpc) is 3.41. The van der Waals surface area contributed by atoms with Gasteiger partial charge in [-0.05, 0) is 19.3 Å². The van der Waals surface area contributed by atoms with Crippen molar-refractivity contribution in [1.82, 2.24) is 0 Å². The second-order valence-corrected chi connectivity index (χ2v) is 24.1. The lowest BCUT2D eigenvalue weighted by Crippen LogP contribution is -2.30. The highest BCUT2D eigenvalue weighted by molar-refractivity contribution is 7.47. The number of phosphoric ester groups is 1. The molecule has 0 spiro atoms. The van der Waals surface area contributed by atoms with E-state index in [1.807, 2.05) is 0 Å². The van der Waals surface area contributed by atoms with Gasteiger partial charge in [-0.2, -0.15) is 0 Å². The molecule has 11 nitrogen and oxygen atoms in total. The van der Waals surface area contributed by atoms with Gasteiger partial charge in [-0.25, -0.2) is 4.57 Å². The molecule has 0 amide bonds. The van der Waals surface area contributed by atoms with Crippen molar-refractivity contribution >= 4 is 25.7 Å². The van der Waals surface area contributed by atoms with E-state index in [1.165, 1.54) is 238 Å². The number of phosphoric acid groups is 1. The molecule has 0 saturated heterocycles. The molecule has 0 saturated carbocycles. The summed E-state index contributed by atoms with van der Waals surface area (Å²) < 4.78 is 39.7. The van der Waals surface area contributed by atoms with Crippen LogP contribution < -0.4 is 0 Å². The van der Waals surface area contributed by atoms with Crippen molar-refractivity contribution in [2.24, 2.45) is 0 Å². The first-order chi connectivity index (χ1) is 37.2. The van der Waals surface area contributed by atoms with Gasteiger partial charge in [0.25, 0.3) is 0 Å². The monoisotopic (exact) mass is 1100 g/mol. The summed E-state index contributed by atoms with van der Waals surface area (Å²) in [5.74, 6) is -1.42. The third kappa shape index (κ3) is 57.2. The van der Waals surface area contributed by atoms with Crippen LogP contribution in [0.5, 0.6) is 0 Å². The van der Waals surface area contributed by atoms with Crippen LogP contribution in [0.1, 0.15) is 355 Å². The zero-order chi connectivity index (χ0) is 55.5. The number of carbonyl (C=O) groups is 3. The van der Waals surface area contributed by atoms with Gasteiger partial charge in [0, 0.05) is 19.3 Å². The number of aliphatic hydroxyl groups is 1. The maximum atomic E-state index is 13.0. The normalized spacial score (nSPS) is 13.2. The highest BCUT2D eigenvalue weighted by Gasteiger charge is 2.28. The molecule has 12 heteroatoms. The van der Waals surface area contributed by atoms with Gasteiger partial charge in [-0.15, -0.1) is 0 Å². The summed E-state index contributed by atoms with van der Waals surface area (Å²) in [5, 5.41) is 9.85. The summed E-state index contributed by atoms with van der Waals surface area (Å²) in [7, 11) is -4.74. The van der Waals surface area contributed by atoms with E-state index in [0.717, 1.165) is 57.8 Å². The van der Waals surface area contributed by atoms with E-state index in [4.69, 9.17) is 23.3 Å². The number of aliphatic hydroxyl groups excluding tert-OH is 1. The first-order valence-corrected chi connectivity index (χ1v) is 34.4. The van der Waals surface area contributed by atoms with Crippen LogP contribution in [0.25, 0.3) is 0 Å². The molecule has 0 bridgehead atoms. The lowest BCUT2D eigenvalue weighted by atomic mass is 10.0. The van der Waals surface area contributed by atoms with Gasteiger partial charge in [0.05, 0.1) is 19.8 Å². The van der Waals surface area contributed by atoms with E-state index in [2.05, 4.69) is 20.8 Å². The zero-order valence-corrected chi connectivity index (χ0v) is 51.2. The molecule has 452 valence electrons. The Kier molecular flexibility index (Phi) is 58.4. The van der Waals surface area contributed by atoms with Crippen LogP contribution in [0.4, 0.5) is 0 Å². The average molecular weight is 1100 g/mol. The predicted molar refractivity (Wildman–Crippen MR) is 317 cm³/mol. The minimum absolute atomic E-state index is 0.179. The number of hydrogen-bond donors (Lipinski definition) is 2. The van der Waals surface area contributed by atoms with Crippen molar-refractivity contribution in [3.05, 3.63) is 0 Å². The summed E-state index contributed by atoms with van der Waals surface area (Å²) >= 11 is 0. The Labute approximate surface area is 469 Å². The first-order valence-electron chi connectivity index (χ1n) is 32.9. The fraction of sp³-hybridized carbons (Fsp3) is 0.953. The third-order valence-corrected chi connectivity index (χ3v) is 16.0. The number of ether oxygens (including phenoxy) is 3. The highest BCUT2D eigenvalue weighted by atomic mass is 31.2. The lowest BCUT2D eigenvalue weighted by molar-refractivity contribution is -0.161. The Bertz CT molecular complexity index is 1280. The Morgan fingerprint density at radius 2 is 0.526 bits per heavy atom. The maximum Gasteiger partial charge on any atom is 0.472 e. The van der Waals surface area contributed by atoms with Crippen LogP contribution in [0.15, 0.2) is 0 Å². The Balaban J connectivity index is 4.62. The van der Waals surface area contributed by atoms with Crippen LogP contribution in [0.3, 0.4) is 0 Å². The number of hydrogen-bond acceptors (Lipinski definition) is 10. The van der Waals surface area contributed by atoms with Gasteiger partial charge in [-0.3, -0.25) is 23.4 Å². The molecular weight excluding hydrogens is 976 g/mol. The maximum absolute atomic E-state index is 13.0. The molecular formula is C64H125O11P. The molecule has 3 atom stereocenters. The molecule has 0 aromatic carbocycles. The molecule has 0 aromatic rings. The van der Waals surface area contributed by atoms with Crippen molar-refractivity contribution in [2.75, 3.05) is 26.4 Å². The quantitative estimate of drug-likeness (QED) is 0.0259. The van der Waals surface area contributed by atoms with Crippen LogP contribution in [-0.4, -0.2) is 66.5 Å². The van der Waals surface area contributed by atoms with Crippen LogP contribution in [0, 0.1) is 0 Å². The van der Waals surface area contributed by atoms with E-state index >= 15 is 0 Å². The fourth-order valence-corrected chi connectivity index (χ4v) is 10.8. The van der Waals surface area contributed by atoms with Gasteiger partial charge in [0.15, 0.2) is 6.10 Å². The smallest absolute Gasteiger partial charge is 0.462 e. The molecule has 0 heterocycles. The summed E-state index contributed by atoms with van der Waals surface area (Å²) in [6.45, 7) is 4.76. The van der Waals surface area contributed by atoms with Gasteiger partial charge >= 0.3 is 25.7 Å². The number of carbonyl (C=O) groups excluding carboxylic acids is 3. The molecule has 0 aromatic heterocycles. The molecule has 3 unspecified atom stereocenters. The summed E-state index contributed by atoms with van der Waals surface area (Å²) in [6, 6.07) is 0. The predicted octanol–water partition coefficient (Wildman–Crippen LogP) is 19.8. The standard InChI is InChI=1S/C64H125O11P/c1-4-7-10-13-16-19-22-25-28-30-33-35-38-41-44-47-50-53-62(66)71-57-61(75-64(68)55-52-49-46-43-40-37-34-31-29-26-23-20-17-14-11-8-5-2)59-73-76(69,70)72-58-60(56-65)74-63(67)54-51-48-45-42-39-36-32-27-24-21-18-15-12-9-6-3/h60-61,65H,4-59H2,1-3H3,(H,69,70). The molecule has 0 fully saturated rings. The van der Waals surface area contributed by atoms with E-state index in [9.17, 15) is 28.9 Å². The lowest BCUT2D eigenvalue weighted by Gasteiger charge is -2.21. The zero-order valence-electron chi connectivity index (χ0n) is 50.3. The van der Waals surface area contributed by atoms with E-state index in [1.54, 1.807) is 0 Å². The molecule has 0 radical (unpaired) electrons. The van der Waals surface area contributed by atoms with Crippen molar-refractivity contribution in [1.29, 1.82) is 0 Å². The minimum atomic E-state index is -4.74. The van der Waals surface area contributed by atoms with Gasteiger partial charge in [-0.1, -0.05) is 316 Å². The second-order valence-electron chi connectivity index (χ2n) is 22.7. The van der Waals surface area contributed by atoms with Gasteiger partial charge < -0.3 is 24.2 Å². The molecule has 0 rings (SSSR count). The number of esters is 3. The van der Waals surface area contributed by atoms with Crippen molar-refractivity contribution < 1.29 is 52.2 Å². The first kappa shape index (κ1) is 74.5. The largest absolute Gasteiger partial charge is 0.472 e. The van der Waals surface area contributed by atoms with Gasteiger partial charge in [0.1, 0.15) is 12.7 Å². The molecule has 0 aliphatic carbocycles. The molecule has 0 aliphatic rings. The SMILES string of the molecule is CCCCCCCCCCCCCCCCCCCC(=O)OCC(COP(=O)(O)OCC(CO)OC(=O)CCCCCCCCCCCCCCCCC)OC(=O)CCCCCCCCCCCCCCCCCCC. The summed E-state index contributed by atoms with van der Waals surface area (Å²) in [5.41, 5.74) is 0. The number of unbranched alkanes of at least 4 members (excludes halogenated alkanes) is 46. The highest BCUT2D eigenvalue weighted by Crippen LogP contribution is 2.43. The fourth-order valence-electron chi connectivity index (χ4n) is 10.0. The van der Waals surface area contributed by atoms with Crippen LogP contribution in [-0.2, 0) is 42.2 Å². The van der Waals surface area contributed by atoms with Gasteiger partial charge in [0.2, 0.25) is 0 Å². The Morgan fingerprint density at radius 1 is 0.316 bits per heavy atom. The van der Waals surface area contributed by atoms with Crippen molar-refractivity contribution in [3.63, 3.8) is 0 Å². The number of rotatable bonds is 63.